The van der Waals surface area contributed by atoms with Crippen LogP contribution in [0.15, 0.2) is 52.4 Å². The third kappa shape index (κ3) is 3.30. The summed E-state index contributed by atoms with van der Waals surface area (Å²) in [7, 11) is -3.54. The van der Waals surface area contributed by atoms with E-state index in [-0.39, 0.29) is 0 Å². The number of aromatic amines is 1. The molecule has 6 heteroatoms. The molecule has 0 aliphatic rings. The van der Waals surface area contributed by atoms with Gasteiger partial charge in [-0.05, 0) is 71.8 Å². The second-order valence-electron chi connectivity index (χ2n) is 5.38. The molecule has 23 heavy (non-hydrogen) atoms. The highest BCUT2D eigenvalue weighted by atomic mass is 127. The van der Waals surface area contributed by atoms with Crippen LogP contribution >= 0.6 is 45.2 Å². The van der Waals surface area contributed by atoms with Gasteiger partial charge in [-0.3, -0.25) is 0 Å². The molecule has 0 amide bonds. The van der Waals surface area contributed by atoms with Gasteiger partial charge in [0.2, 0.25) is 9.84 Å². The first-order valence-electron chi connectivity index (χ1n) is 7.11. The molecular weight excluding hydrogens is 536 g/mol. The number of rotatable bonds is 4. The van der Waals surface area contributed by atoms with Gasteiger partial charge in [-0.1, -0.05) is 40.3 Å². The number of alkyl halides is 1. The Labute approximate surface area is 163 Å². The minimum Gasteiger partial charge on any atom is -0.345 e. The minimum absolute atomic E-state index is 0.329. The molecule has 0 radical (unpaired) electrons. The quantitative estimate of drug-likeness (QED) is 0.371. The van der Waals surface area contributed by atoms with Crippen LogP contribution in [-0.2, 0) is 16.3 Å². The molecule has 0 saturated heterocycles. The summed E-state index contributed by atoms with van der Waals surface area (Å²) in [5.74, 6) is 0. The van der Waals surface area contributed by atoms with E-state index < -0.39 is 9.84 Å². The summed E-state index contributed by atoms with van der Waals surface area (Å²) < 4.78 is 28.1. The molecule has 3 rings (SSSR count). The molecule has 1 aromatic heterocycles. The van der Waals surface area contributed by atoms with Crippen molar-refractivity contribution in [1.29, 1.82) is 0 Å². The van der Waals surface area contributed by atoms with E-state index in [9.17, 15) is 8.42 Å². The van der Waals surface area contributed by atoms with Gasteiger partial charge in [0.1, 0.15) is 5.03 Å². The Morgan fingerprint density at radius 3 is 2.43 bits per heavy atom. The molecule has 0 unspecified atom stereocenters. The lowest BCUT2D eigenvalue weighted by Crippen LogP contribution is -2.06. The maximum Gasteiger partial charge on any atom is 0.222 e. The summed E-state index contributed by atoms with van der Waals surface area (Å²) >= 11 is 4.54. The van der Waals surface area contributed by atoms with Gasteiger partial charge in [0.05, 0.1) is 4.90 Å². The standard InChI is InChI=1S/C17H15I2NO2S/c1-11-2-5-13(6-3-11)23(21,22)17-14(8-9-18)15-10-12(19)4-7-16(15)20-17/h2-7,10,20H,8-9H2,1H3. The molecule has 0 atom stereocenters. The van der Waals surface area contributed by atoms with Crippen LogP contribution in [0.3, 0.4) is 0 Å². The number of H-pyrrole nitrogens is 1. The highest BCUT2D eigenvalue weighted by molar-refractivity contribution is 14.1. The summed E-state index contributed by atoms with van der Waals surface area (Å²) in [6.45, 7) is 1.95. The largest absolute Gasteiger partial charge is 0.345 e. The predicted octanol–water partition coefficient (Wildman–Crippen LogP) is 4.89. The maximum absolute atomic E-state index is 13.1. The van der Waals surface area contributed by atoms with Crippen LogP contribution in [0.5, 0.6) is 0 Å². The van der Waals surface area contributed by atoms with Gasteiger partial charge >= 0.3 is 0 Å². The molecule has 120 valence electrons. The van der Waals surface area contributed by atoms with E-state index in [2.05, 4.69) is 50.2 Å². The first kappa shape index (κ1) is 17.2. The smallest absolute Gasteiger partial charge is 0.222 e. The molecule has 3 aromatic rings. The van der Waals surface area contributed by atoms with Crippen molar-refractivity contribution < 1.29 is 8.42 Å². The van der Waals surface area contributed by atoms with E-state index in [1.54, 1.807) is 12.1 Å². The number of nitrogens with one attached hydrogen (secondary N) is 1. The lowest BCUT2D eigenvalue weighted by atomic mass is 10.1. The molecule has 3 nitrogen and oxygen atoms in total. The molecule has 0 aliphatic carbocycles. The Kier molecular flexibility index (Phi) is 5.03. The van der Waals surface area contributed by atoms with Crippen molar-refractivity contribution >= 4 is 65.9 Å². The number of sulfone groups is 1. The van der Waals surface area contributed by atoms with E-state index in [1.165, 1.54) is 0 Å². The Morgan fingerprint density at radius 2 is 1.78 bits per heavy atom. The molecule has 0 spiro atoms. The molecule has 0 saturated carbocycles. The van der Waals surface area contributed by atoms with E-state index in [1.807, 2.05) is 37.3 Å². The maximum atomic E-state index is 13.1. The Morgan fingerprint density at radius 1 is 1.09 bits per heavy atom. The van der Waals surface area contributed by atoms with Crippen LogP contribution < -0.4 is 0 Å². The average molecular weight is 551 g/mol. The average Bonchev–Trinajstić information content (AvgIpc) is 2.87. The Hall–Kier alpha value is -0.610. The van der Waals surface area contributed by atoms with Crippen molar-refractivity contribution in [2.75, 3.05) is 4.43 Å². The topological polar surface area (TPSA) is 49.9 Å². The number of hydrogen-bond donors (Lipinski definition) is 1. The minimum atomic E-state index is -3.54. The summed E-state index contributed by atoms with van der Waals surface area (Å²) in [5.41, 5.74) is 2.80. The first-order chi connectivity index (χ1) is 10.9. The summed E-state index contributed by atoms with van der Waals surface area (Å²) in [6, 6.07) is 13.0. The van der Waals surface area contributed by atoms with Gasteiger partial charge in [0.15, 0.2) is 0 Å². The number of aryl methyl sites for hydroxylation is 2. The summed E-state index contributed by atoms with van der Waals surface area (Å²) in [5, 5.41) is 1.33. The van der Waals surface area contributed by atoms with Gasteiger partial charge in [-0.2, -0.15) is 0 Å². The fourth-order valence-electron chi connectivity index (χ4n) is 2.60. The monoisotopic (exact) mass is 551 g/mol. The normalized spacial score (nSPS) is 12.0. The number of aromatic nitrogens is 1. The lowest BCUT2D eigenvalue weighted by molar-refractivity contribution is 0.592. The van der Waals surface area contributed by atoms with Crippen molar-refractivity contribution in [3.63, 3.8) is 0 Å². The summed E-state index contributed by atoms with van der Waals surface area (Å²) in [6.07, 6.45) is 0.723. The molecular formula is C17H15I2NO2S. The van der Waals surface area contributed by atoms with E-state index in [0.717, 1.165) is 36.4 Å². The van der Waals surface area contributed by atoms with Gasteiger partial charge in [-0.15, -0.1) is 0 Å². The van der Waals surface area contributed by atoms with Crippen LogP contribution in [0, 0.1) is 10.5 Å². The second-order valence-corrected chi connectivity index (χ2v) is 9.59. The number of fused-ring (bicyclic) bond motifs is 1. The van der Waals surface area contributed by atoms with Crippen LogP contribution in [0.1, 0.15) is 11.1 Å². The number of hydrogen-bond acceptors (Lipinski definition) is 2. The molecule has 0 bridgehead atoms. The lowest BCUT2D eigenvalue weighted by Gasteiger charge is -2.06. The fourth-order valence-corrected chi connectivity index (χ4v) is 5.14. The van der Waals surface area contributed by atoms with Crippen molar-refractivity contribution in [1.82, 2.24) is 4.98 Å². The third-order valence-corrected chi connectivity index (χ3v) is 6.76. The zero-order valence-corrected chi connectivity index (χ0v) is 17.6. The molecule has 1 heterocycles. The molecule has 2 aromatic carbocycles. The Balaban J connectivity index is 2.25. The van der Waals surface area contributed by atoms with Gasteiger partial charge < -0.3 is 4.98 Å². The van der Waals surface area contributed by atoms with E-state index in [0.29, 0.717) is 9.92 Å². The predicted molar refractivity (Wildman–Crippen MR) is 110 cm³/mol. The van der Waals surface area contributed by atoms with Crippen LogP contribution in [0.25, 0.3) is 10.9 Å². The van der Waals surface area contributed by atoms with Gasteiger partial charge in [0, 0.05) is 18.9 Å². The zero-order valence-electron chi connectivity index (χ0n) is 12.4. The fraction of sp³-hybridized carbons (Fsp3) is 0.176. The molecule has 1 N–H and O–H groups in total. The van der Waals surface area contributed by atoms with Crippen molar-refractivity contribution in [2.24, 2.45) is 0 Å². The highest BCUT2D eigenvalue weighted by Gasteiger charge is 2.25. The van der Waals surface area contributed by atoms with Gasteiger partial charge in [-0.25, -0.2) is 8.42 Å². The first-order valence-corrected chi connectivity index (χ1v) is 11.2. The van der Waals surface area contributed by atoms with Crippen molar-refractivity contribution in [2.45, 2.75) is 23.3 Å². The number of halogens is 2. The number of benzene rings is 2. The van der Waals surface area contributed by atoms with E-state index in [4.69, 9.17) is 0 Å². The van der Waals surface area contributed by atoms with Crippen molar-refractivity contribution in [3.05, 3.63) is 57.2 Å². The van der Waals surface area contributed by atoms with E-state index >= 15 is 0 Å². The second kappa shape index (κ2) is 6.72. The third-order valence-electron chi connectivity index (χ3n) is 3.77. The Bertz CT molecular complexity index is 960. The van der Waals surface area contributed by atoms with Crippen LogP contribution in [0.2, 0.25) is 0 Å². The SMILES string of the molecule is Cc1ccc(S(=O)(=O)c2[nH]c3ccc(I)cc3c2CCI)cc1. The van der Waals surface area contributed by atoms with Gasteiger partial charge in [0.25, 0.3) is 0 Å². The molecule has 0 aliphatic heterocycles. The highest BCUT2D eigenvalue weighted by Crippen LogP contribution is 2.31. The molecule has 0 fully saturated rings. The summed E-state index contributed by atoms with van der Waals surface area (Å²) in [4.78, 5) is 3.47. The van der Waals surface area contributed by atoms with Crippen molar-refractivity contribution in [3.8, 4) is 0 Å². The van der Waals surface area contributed by atoms with Crippen LogP contribution in [-0.4, -0.2) is 17.8 Å². The zero-order chi connectivity index (χ0) is 16.6. The van der Waals surface area contributed by atoms with Crippen LogP contribution in [0.4, 0.5) is 0 Å².